The maximum atomic E-state index is 13.9. The molecule has 0 atom stereocenters. The molecule has 2 aromatic rings. The number of nitrogens with zero attached hydrogens (tertiary/aromatic N) is 3. The first-order valence-corrected chi connectivity index (χ1v) is 6.21. The SMILES string of the molecule is CNc1nccc(C(=O)NCCn2cc(C)cn2)c1F. The molecule has 6 nitrogen and oxygen atoms in total. The molecule has 0 saturated heterocycles. The fourth-order valence-electron chi connectivity index (χ4n) is 1.76. The van der Waals surface area contributed by atoms with Crippen molar-refractivity contribution in [1.82, 2.24) is 20.1 Å². The molecule has 0 unspecified atom stereocenters. The van der Waals surface area contributed by atoms with Gasteiger partial charge in [-0.2, -0.15) is 5.10 Å². The molecule has 0 saturated carbocycles. The van der Waals surface area contributed by atoms with Crippen molar-refractivity contribution in [1.29, 1.82) is 0 Å². The first-order chi connectivity index (χ1) is 9.61. The van der Waals surface area contributed by atoms with Crippen molar-refractivity contribution in [3.05, 3.63) is 41.6 Å². The molecule has 0 fully saturated rings. The highest BCUT2D eigenvalue weighted by Gasteiger charge is 2.14. The van der Waals surface area contributed by atoms with Gasteiger partial charge >= 0.3 is 0 Å². The van der Waals surface area contributed by atoms with E-state index in [4.69, 9.17) is 0 Å². The molecular weight excluding hydrogens is 261 g/mol. The third kappa shape index (κ3) is 3.11. The van der Waals surface area contributed by atoms with Gasteiger partial charge in [-0.1, -0.05) is 0 Å². The number of rotatable bonds is 5. The van der Waals surface area contributed by atoms with Gasteiger partial charge in [0.15, 0.2) is 11.6 Å². The molecule has 1 amide bonds. The number of carbonyl (C=O) groups is 1. The highest BCUT2D eigenvalue weighted by molar-refractivity contribution is 5.95. The Balaban J connectivity index is 1.95. The van der Waals surface area contributed by atoms with Gasteiger partial charge in [0.25, 0.3) is 5.91 Å². The zero-order chi connectivity index (χ0) is 14.5. The third-order valence-electron chi connectivity index (χ3n) is 2.76. The molecule has 2 heterocycles. The molecule has 0 spiro atoms. The minimum absolute atomic E-state index is 0.0269. The lowest BCUT2D eigenvalue weighted by atomic mass is 10.2. The summed E-state index contributed by atoms with van der Waals surface area (Å²) in [6.07, 6.45) is 5.00. The van der Waals surface area contributed by atoms with Gasteiger partial charge in [0.2, 0.25) is 0 Å². The molecule has 0 bridgehead atoms. The monoisotopic (exact) mass is 277 g/mol. The zero-order valence-electron chi connectivity index (χ0n) is 11.4. The number of aromatic nitrogens is 3. The summed E-state index contributed by atoms with van der Waals surface area (Å²) >= 11 is 0. The highest BCUT2D eigenvalue weighted by atomic mass is 19.1. The van der Waals surface area contributed by atoms with E-state index >= 15 is 0 Å². The van der Waals surface area contributed by atoms with Crippen LogP contribution in [0.4, 0.5) is 10.2 Å². The first kappa shape index (κ1) is 14.0. The van der Waals surface area contributed by atoms with Crippen LogP contribution in [0.25, 0.3) is 0 Å². The molecule has 0 radical (unpaired) electrons. The summed E-state index contributed by atoms with van der Waals surface area (Å²) < 4.78 is 15.6. The Kier molecular flexibility index (Phi) is 4.29. The van der Waals surface area contributed by atoms with Crippen molar-refractivity contribution in [2.24, 2.45) is 0 Å². The summed E-state index contributed by atoms with van der Waals surface area (Å²) in [6, 6.07) is 1.35. The maximum absolute atomic E-state index is 13.9. The number of nitrogens with one attached hydrogen (secondary N) is 2. The van der Waals surface area contributed by atoms with Crippen molar-refractivity contribution in [3.63, 3.8) is 0 Å². The van der Waals surface area contributed by atoms with Crippen LogP contribution in [0.3, 0.4) is 0 Å². The number of hydrogen-bond acceptors (Lipinski definition) is 4. The summed E-state index contributed by atoms with van der Waals surface area (Å²) in [5.74, 6) is -1.06. The molecule has 7 heteroatoms. The topological polar surface area (TPSA) is 71.8 Å². The van der Waals surface area contributed by atoms with Crippen molar-refractivity contribution >= 4 is 11.7 Å². The molecular formula is C13H16FN5O. The van der Waals surface area contributed by atoms with E-state index in [-0.39, 0.29) is 11.4 Å². The average molecular weight is 277 g/mol. The molecule has 0 aliphatic carbocycles. The number of amides is 1. The van der Waals surface area contributed by atoms with Crippen molar-refractivity contribution in [3.8, 4) is 0 Å². The number of hydrogen-bond donors (Lipinski definition) is 2. The maximum Gasteiger partial charge on any atom is 0.254 e. The van der Waals surface area contributed by atoms with Gasteiger partial charge in [-0.25, -0.2) is 9.37 Å². The second kappa shape index (κ2) is 6.14. The molecule has 2 aromatic heterocycles. The Bertz CT molecular complexity index is 611. The van der Waals surface area contributed by atoms with Crippen LogP contribution in [0.5, 0.6) is 0 Å². The fourth-order valence-corrected chi connectivity index (χ4v) is 1.76. The quantitative estimate of drug-likeness (QED) is 0.861. The van der Waals surface area contributed by atoms with Crippen molar-refractivity contribution in [2.75, 3.05) is 18.9 Å². The Morgan fingerprint density at radius 3 is 2.95 bits per heavy atom. The van der Waals surface area contributed by atoms with E-state index in [0.717, 1.165) is 5.56 Å². The highest BCUT2D eigenvalue weighted by Crippen LogP contribution is 2.13. The predicted octanol–water partition coefficient (Wildman–Crippen LogP) is 1.20. The van der Waals surface area contributed by atoms with Gasteiger partial charge in [0.1, 0.15) is 0 Å². The van der Waals surface area contributed by atoms with E-state index in [1.54, 1.807) is 17.9 Å². The summed E-state index contributed by atoms with van der Waals surface area (Å²) in [5, 5.41) is 9.35. The third-order valence-corrected chi connectivity index (χ3v) is 2.76. The Morgan fingerprint density at radius 1 is 1.50 bits per heavy atom. The predicted molar refractivity (Wildman–Crippen MR) is 73.0 cm³/mol. The van der Waals surface area contributed by atoms with Crippen LogP contribution in [0.2, 0.25) is 0 Å². The van der Waals surface area contributed by atoms with Crippen molar-refractivity contribution in [2.45, 2.75) is 13.5 Å². The summed E-state index contributed by atoms with van der Waals surface area (Å²) in [4.78, 5) is 15.7. The Morgan fingerprint density at radius 2 is 2.30 bits per heavy atom. The number of anilines is 1. The summed E-state index contributed by atoms with van der Waals surface area (Å²) in [5.41, 5.74) is 1.02. The van der Waals surface area contributed by atoms with E-state index < -0.39 is 11.7 Å². The lowest BCUT2D eigenvalue weighted by Crippen LogP contribution is -2.28. The second-order valence-corrected chi connectivity index (χ2v) is 4.31. The van der Waals surface area contributed by atoms with Gasteiger partial charge in [-0.15, -0.1) is 0 Å². The van der Waals surface area contributed by atoms with E-state index in [0.29, 0.717) is 13.1 Å². The summed E-state index contributed by atoms with van der Waals surface area (Å²) in [6.45, 7) is 2.84. The lowest BCUT2D eigenvalue weighted by molar-refractivity contribution is 0.0948. The Hall–Kier alpha value is -2.44. The number of carbonyl (C=O) groups excluding carboxylic acids is 1. The molecule has 2 rings (SSSR count). The van der Waals surface area contributed by atoms with E-state index in [2.05, 4.69) is 20.7 Å². The minimum Gasteiger partial charge on any atom is -0.371 e. The van der Waals surface area contributed by atoms with E-state index in [1.807, 2.05) is 13.1 Å². The first-order valence-electron chi connectivity index (χ1n) is 6.21. The second-order valence-electron chi connectivity index (χ2n) is 4.31. The molecule has 0 aliphatic rings. The number of aryl methyl sites for hydroxylation is 1. The fraction of sp³-hybridized carbons (Fsp3) is 0.308. The van der Waals surface area contributed by atoms with Crippen LogP contribution in [0.15, 0.2) is 24.7 Å². The van der Waals surface area contributed by atoms with Crippen LogP contribution in [0, 0.1) is 12.7 Å². The van der Waals surface area contributed by atoms with Gasteiger partial charge in [-0.3, -0.25) is 9.48 Å². The minimum atomic E-state index is -0.651. The lowest BCUT2D eigenvalue weighted by Gasteiger charge is -2.08. The van der Waals surface area contributed by atoms with E-state index in [1.165, 1.54) is 12.3 Å². The zero-order valence-corrected chi connectivity index (χ0v) is 11.4. The summed E-state index contributed by atoms with van der Waals surface area (Å²) in [7, 11) is 1.55. The molecule has 0 aliphatic heterocycles. The Labute approximate surface area is 116 Å². The molecule has 0 aromatic carbocycles. The van der Waals surface area contributed by atoms with Crippen LogP contribution in [-0.2, 0) is 6.54 Å². The normalized spacial score (nSPS) is 10.3. The standard InChI is InChI=1S/C13H16FN5O/c1-9-7-18-19(8-9)6-5-17-13(20)10-3-4-16-12(15-2)11(10)14/h3-4,7-8H,5-6H2,1-2H3,(H,15,16)(H,17,20). The van der Waals surface area contributed by atoms with Gasteiger partial charge in [0, 0.05) is 26.0 Å². The van der Waals surface area contributed by atoms with Gasteiger partial charge in [0.05, 0.1) is 18.3 Å². The molecule has 20 heavy (non-hydrogen) atoms. The smallest absolute Gasteiger partial charge is 0.254 e. The van der Waals surface area contributed by atoms with Crippen LogP contribution in [-0.4, -0.2) is 34.3 Å². The van der Waals surface area contributed by atoms with Gasteiger partial charge < -0.3 is 10.6 Å². The van der Waals surface area contributed by atoms with Crippen LogP contribution >= 0.6 is 0 Å². The number of pyridine rings is 1. The van der Waals surface area contributed by atoms with Crippen molar-refractivity contribution < 1.29 is 9.18 Å². The average Bonchev–Trinajstić information content (AvgIpc) is 2.84. The largest absolute Gasteiger partial charge is 0.371 e. The van der Waals surface area contributed by atoms with Crippen LogP contribution in [0.1, 0.15) is 15.9 Å². The number of halogens is 1. The van der Waals surface area contributed by atoms with Crippen LogP contribution < -0.4 is 10.6 Å². The van der Waals surface area contributed by atoms with E-state index in [9.17, 15) is 9.18 Å². The molecule has 106 valence electrons. The van der Waals surface area contributed by atoms with Gasteiger partial charge in [-0.05, 0) is 18.6 Å². The molecule has 2 N–H and O–H groups in total.